The SMILES string of the molecule is CC(C)c1ccccn1.CC(C)c1ncccc1-c1ccccc1. The summed E-state index contributed by atoms with van der Waals surface area (Å²) in [6, 6.07) is 20.5. The zero-order valence-corrected chi connectivity index (χ0v) is 15.0. The van der Waals surface area contributed by atoms with Gasteiger partial charge >= 0.3 is 0 Å². The molecule has 0 radical (unpaired) electrons. The maximum atomic E-state index is 4.45. The summed E-state index contributed by atoms with van der Waals surface area (Å²) in [5.74, 6) is 1.01. The van der Waals surface area contributed by atoms with Gasteiger partial charge in [-0.05, 0) is 35.6 Å². The van der Waals surface area contributed by atoms with E-state index in [1.807, 2.05) is 42.7 Å². The van der Waals surface area contributed by atoms with Crippen molar-refractivity contribution in [2.24, 2.45) is 0 Å². The van der Waals surface area contributed by atoms with E-state index in [-0.39, 0.29) is 0 Å². The van der Waals surface area contributed by atoms with E-state index in [2.05, 4.69) is 68.0 Å². The maximum absolute atomic E-state index is 4.45. The topological polar surface area (TPSA) is 25.8 Å². The molecule has 0 N–H and O–H groups in total. The van der Waals surface area contributed by atoms with E-state index in [0.717, 1.165) is 5.69 Å². The molecule has 0 amide bonds. The minimum atomic E-state index is 0.460. The first-order valence-electron chi connectivity index (χ1n) is 8.51. The largest absolute Gasteiger partial charge is 0.261 e. The van der Waals surface area contributed by atoms with Gasteiger partial charge in [-0.3, -0.25) is 9.97 Å². The first-order chi connectivity index (χ1) is 11.6. The van der Waals surface area contributed by atoms with Gasteiger partial charge in [0.15, 0.2) is 0 Å². The molecular formula is C22H26N2. The average molecular weight is 318 g/mol. The fourth-order valence-corrected chi connectivity index (χ4v) is 2.46. The lowest BCUT2D eigenvalue weighted by Gasteiger charge is -2.10. The van der Waals surface area contributed by atoms with Gasteiger partial charge in [0.05, 0.1) is 5.69 Å². The molecule has 2 heteroatoms. The van der Waals surface area contributed by atoms with Crippen molar-refractivity contribution in [3.8, 4) is 11.1 Å². The van der Waals surface area contributed by atoms with Crippen molar-refractivity contribution in [3.05, 3.63) is 84.4 Å². The van der Waals surface area contributed by atoms with Crippen molar-refractivity contribution >= 4 is 0 Å². The van der Waals surface area contributed by atoms with E-state index >= 15 is 0 Å². The Bertz CT molecular complexity index is 719. The molecule has 124 valence electrons. The molecule has 0 saturated carbocycles. The average Bonchev–Trinajstić information content (AvgIpc) is 2.63. The zero-order valence-electron chi connectivity index (χ0n) is 15.0. The molecule has 2 heterocycles. The van der Waals surface area contributed by atoms with E-state index in [1.54, 1.807) is 0 Å². The Morgan fingerprint density at radius 3 is 1.83 bits per heavy atom. The van der Waals surface area contributed by atoms with Crippen LogP contribution in [0.4, 0.5) is 0 Å². The van der Waals surface area contributed by atoms with Crippen LogP contribution in [0.5, 0.6) is 0 Å². The van der Waals surface area contributed by atoms with Crippen molar-refractivity contribution in [1.82, 2.24) is 9.97 Å². The third kappa shape index (κ3) is 5.02. The standard InChI is InChI=1S/C14H15N.C8H11N/c1-11(2)14-13(9-6-10-15-14)12-7-4-3-5-8-12;1-7(2)8-5-3-4-6-9-8/h3-11H,1-2H3;3-7H,1-2H3. The monoisotopic (exact) mass is 318 g/mol. The molecular weight excluding hydrogens is 292 g/mol. The van der Waals surface area contributed by atoms with Gasteiger partial charge in [0.2, 0.25) is 0 Å². The van der Waals surface area contributed by atoms with Crippen LogP contribution in [0.15, 0.2) is 73.1 Å². The highest BCUT2D eigenvalue weighted by molar-refractivity contribution is 5.66. The molecule has 0 fully saturated rings. The molecule has 2 nitrogen and oxygen atoms in total. The van der Waals surface area contributed by atoms with Crippen LogP contribution >= 0.6 is 0 Å². The van der Waals surface area contributed by atoms with Crippen LogP contribution < -0.4 is 0 Å². The predicted molar refractivity (Wildman–Crippen MR) is 102 cm³/mol. The fraction of sp³-hybridized carbons (Fsp3) is 0.273. The number of benzene rings is 1. The number of pyridine rings is 2. The van der Waals surface area contributed by atoms with Crippen molar-refractivity contribution < 1.29 is 0 Å². The van der Waals surface area contributed by atoms with E-state index < -0.39 is 0 Å². The lowest BCUT2D eigenvalue weighted by Crippen LogP contribution is -1.95. The lowest BCUT2D eigenvalue weighted by atomic mass is 9.98. The van der Waals surface area contributed by atoms with E-state index in [0.29, 0.717) is 11.8 Å². The van der Waals surface area contributed by atoms with Crippen LogP contribution in [0.2, 0.25) is 0 Å². The van der Waals surface area contributed by atoms with Gasteiger partial charge in [-0.2, -0.15) is 0 Å². The summed E-state index contributed by atoms with van der Waals surface area (Å²) < 4.78 is 0. The van der Waals surface area contributed by atoms with Crippen LogP contribution in [0.1, 0.15) is 50.9 Å². The lowest BCUT2D eigenvalue weighted by molar-refractivity contribution is 0.823. The first kappa shape index (κ1) is 17.9. The third-order valence-corrected chi connectivity index (χ3v) is 3.75. The van der Waals surface area contributed by atoms with Crippen LogP contribution in [0.3, 0.4) is 0 Å². The quantitative estimate of drug-likeness (QED) is 0.585. The van der Waals surface area contributed by atoms with Crippen molar-refractivity contribution in [1.29, 1.82) is 0 Å². The Morgan fingerprint density at radius 2 is 1.29 bits per heavy atom. The van der Waals surface area contributed by atoms with Crippen molar-refractivity contribution in [3.63, 3.8) is 0 Å². The summed E-state index contributed by atoms with van der Waals surface area (Å²) in [5.41, 5.74) is 4.82. The molecule has 0 bridgehead atoms. The summed E-state index contributed by atoms with van der Waals surface area (Å²) in [6.07, 6.45) is 3.69. The Morgan fingerprint density at radius 1 is 0.625 bits per heavy atom. The number of nitrogens with zero attached hydrogens (tertiary/aromatic N) is 2. The highest BCUT2D eigenvalue weighted by Crippen LogP contribution is 2.26. The first-order valence-corrected chi connectivity index (χ1v) is 8.51. The molecule has 24 heavy (non-hydrogen) atoms. The predicted octanol–water partition coefficient (Wildman–Crippen LogP) is 6.08. The maximum Gasteiger partial charge on any atom is 0.0507 e. The molecule has 1 aromatic carbocycles. The second-order valence-electron chi connectivity index (χ2n) is 6.37. The van der Waals surface area contributed by atoms with Gasteiger partial charge in [0.1, 0.15) is 0 Å². The highest BCUT2D eigenvalue weighted by Gasteiger charge is 2.08. The number of hydrogen-bond acceptors (Lipinski definition) is 2. The van der Waals surface area contributed by atoms with Crippen LogP contribution in [0, 0.1) is 0 Å². The van der Waals surface area contributed by atoms with Crippen LogP contribution in [0.25, 0.3) is 11.1 Å². The second-order valence-corrected chi connectivity index (χ2v) is 6.37. The fourth-order valence-electron chi connectivity index (χ4n) is 2.46. The number of rotatable bonds is 3. The van der Waals surface area contributed by atoms with E-state index in [4.69, 9.17) is 0 Å². The Hall–Kier alpha value is -2.48. The number of aromatic nitrogens is 2. The van der Waals surface area contributed by atoms with Gasteiger partial charge in [0.25, 0.3) is 0 Å². The molecule has 3 rings (SSSR count). The summed E-state index contributed by atoms with van der Waals surface area (Å²) in [5, 5.41) is 0. The Kier molecular flexibility index (Phi) is 6.68. The van der Waals surface area contributed by atoms with Crippen molar-refractivity contribution in [2.45, 2.75) is 39.5 Å². The summed E-state index contributed by atoms with van der Waals surface area (Å²) >= 11 is 0. The Balaban J connectivity index is 0.000000198. The minimum Gasteiger partial charge on any atom is -0.261 e. The normalized spacial score (nSPS) is 10.4. The van der Waals surface area contributed by atoms with Gasteiger partial charge in [-0.1, -0.05) is 70.2 Å². The molecule has 0 aliphatic heterocycles. The van der Waals surface area contributed by atoms with Gasteiger partial charge < -0.3 is 0 Å². The molecule has 0 saturated heterocycles. The zero-order chi connectivity index (χ0) is 17.4. The van der Waals surface area contributed by atoms with Crippen molar-refractivity contribution in [2.75, 3.05) is 0 Å². The minimum absolute atomic E-state index is 0.460. The molecule has 2 aromatic heterocycles. The summed E-state index contributed by atoms with van der Waals surface area (Å²) in [6.45, 7) is 8.63. The molecule has 0 aliphatic carbocycles. The molecule has 0 aliphatic rings. The Labute approximate surface area is 145 Å². The van der Waals surface area contributed by atoms with Gasteiger partial charge in [-0.25, -0.2) is 0 Å². The molecule has 0 spiro atoms. The van der Waals surface area contributed by atoms with E-state index in [9.17, 15) is 0 Å². The molecule has 3 aromatic rings. The molecule has 0 unspecified atom stereocenters. The highest BCUT2D eigenvalue weighted by atomic mass is 14.7. The third-order valence-electron chi connectivity index (χ3n) is 3.75. The van der Waals surface area contributed by atoms with Gasteiger partial charge in [-0.15, -0.1) is 0 Å². The van der Waals surface area contributed by atoms with Crippen LogP contribution in [-0.4, -0.2) is 9.97 Å². The smallest absolute Gasteiger partial charge is 0.0507 e. The second kappa shape index (κ2) is 8.97. The van der Waals surface area contributed by atoms with Gasteiger partial charge in [0, 0.05) is 23.7 Å². The van der Waals surface area contributed by atoms with E-state index in [1.165, 1.54) is 16.8 Å². The van der Waals surface area contributed by atoms with Crippen LogP contribution in [-0.2, 0) is 0 Å². The summed E-state index contributed by atoms with van der Waals surface area (Å²) in [4.78, 5) is 8.63. The molecule has 0 atom stereocenters. The number of hydrogen-bond donors (Lipinski definition) is 0. The summed E-state index contributed by atoms with van der Waals surface area (Å²) in [7, 11) is 0.